The number of rotatable bonds is 4. The molecule has 0 aliphatic carbocycles. The van der Waals surface area contributed by atoms with Crippen LogP contribution >= 0.6 is 0 Å². The molecule has 3 rings (SSSR count). The number of benzene rings is 2. The van der Waals surface area contributed by atoms with Crippen LogP contribution in [0.5, 0.6) is 5.75 Å². The van der Waals surface area contributed by atoms with Crippen LogP contribution in [-0.2, 0) is 16.1 Å². The summed E-state index contributed by atoms with van der Waals surface area (Å²) < 4.78 is 11.1. The largest absolute Gasteiger partial charge is 0.465 e. The predicted octanol–water partition coefficient (Wildman–Crippen LogP) is 1.79. The molecular weight excluding hydrogens is 324 g/mol. The molecule has 0 atom stereocenters. The molecule has 0 aliphatic rings. The van der Waals surface area contributed by atoms with Crippen molar-refractivity contribution >= 4 is 23.0 Å². The first kappa shape index (κ1) is 16.4. The van der Waals surface area contributed by atoms with Crippen LogP contribution in [0.2, 0.25) is 0 Å². The molecule has 0 spiro atoms. The number of esters is 2. The molecule has 0 saturated carbocycles. The topological polar surface area (TPSA) is 87.5 Å². The molecule has 7 nitrogen and oxygen atoms in total. The van der Waals surface area contributed by atoms with Gasteiger partial charge in [0, 0.05) is 0 Å². The number of carbonyl (C=O) groups excluding carboxylic acids is 2. The molecule has 0 amide bonds. The number of hydrogen-bond acceptors (Lipinski definition) is 6. The minimum atomic E-state index is -0.607. The average Bonchev–Trinajstić information content (AvgIpc) is 2.64. The van der Waals surface area contributed by atoms with Gasteiger partial charge in [-0.15, -0.1) is 0 Å². The van der Waals surface area contributed by atoms with Crippen molar-refractivity contribution in [2.24, 2.45) is 0 Å². The minimum absolute atomic E-state index is 0.249. The highest BCUT2D eigenvalue weighted by Gasteiger charge is 2.12. The van der Waals surface area contributed by atoms with E-state index in [0.717, 1.165) is 0 Å². The Morgan fingerprint density at radius 2 is 1.80 bits per heavy atom. The van der Waals surface area contributed by atoms with E-state index in [2.05, 4.69) is 9.72 Å². The standard InChI is InChI=1S/C18H14N2O5/c1-24-18(23)12-6-8-13(9-7-12)25-17(22)11-20-15-5-3-2-4-14(15)19-10-16(20)21/h2-10H,11H2,1H3. The highest BCUT2D eigenvalue weighted by Crippen LogP contribution is 2.14. The molecule has 7 heteroatoms. The quantitative estimate of drug-likeness (QED) is 0.532. The Balaban J connectivity index is 1.78. The van der Waals surface area contributed by atoms with E-state index in [1.807, 2.05) is 0 Å². The van der Waals surface area contributed by atoms with E-state index in [0.29, 0.717) is 16.6 Å². The van der Waals surface area contributed by atoms with Crippen molar-refractivity contribution in [1.82, 2.24) is 9.55 Å². The second-order valence-corrected chi connectivity index (χ2v) is 5.16. The Morgan fingerprint density at radius 1 is 1.08 bits per heavy atom. The Hall–Kier alpha value is -3.48. The average molecular weight is 338 g/mol. The van der Waals surface area contributed by atoms with E-state index in [1.165, 1.54) is 42.1 Å². The van der Waals surface area contributed by atoms with E-state index in [4.69, 9.17) is 4.74 Å². The maximum absolute atomic E-state index is 12.2. The number of fused-ring (bicyclic) bond motifs is 1. The summed E-state index contributed by atoms with van der Waals surface area (Å²) >= 11 is 0. The molecule has 0 aliphatic heterocycles. The molecule has 2 aromatic carbocycles. The second-order valence-electron chi connectivity index (χ2n) is 5.16. The third-order valence-corrected chi connectivity index (χ3v) is 3.55. The van der Waals surface area contributed by atoms with E-state index >= 15 is 0 Å². The summed E-state index contributed by atoms with van der Waals surface area (Å²) in [5, 5.41) is 0. The normalized spacial score (nSPS) is 10.4. The summed E-state index contributed by atoms with van der Waals surface area (Å²) in [6.07, 6.45) is 1.17. The van der Waals surface area contributed by atoms with Gasteiger partial charge < -0.3 is 9.47 Å². The smallest absolute Gasteiger partial charge is 0.337 e. The van der Waals surface area contributed by atoms with Gasteiger partial charge in [0.15, 0.2) is 0 Å². The summed E-state index contributed by atoms with van der Waals surface area (Å²) in [7, 11) is 1.28. The Bertz CT molecular complexity index is 992. The van der Waals surface area contributed by atoms with Gasteiger partial charge in [0.25, 0.3) is 5.56 Å². The van der Waals surface area contributed by atoms with Gasteiger partial charge >= 0.3 is 11.9 Å². The summed E-state index contributed by atoms with van der Waals surface area (Å²) in [6, 6.07) is 13.0. The van der Waals surface area contributed by atoms with Crippen molar-refractivity contribution in [2.45, 2.75) is 6.54 Å². The molecule has 1 heterocycles. The monoisotopic (exact) mass is 338 g/mol. The first-order chi connectivity index (χ1) is 12.1. The molecular formula is C18H14N2O5. The van der Waals surface area contributed by atoms with Gasteiger partial charge in [-0.3, -0.25) is 9.36 Å². The van der Waals surface area contributed by atoms with Gasteiger partial charge in [-0.05, 0) is 36.4 Å². The lowest BCUT2D eigenvalue weighted by Crippen LogP contribution is -2.26. The molecule has 0 bridgehead atoms. The second kappa shape index (κ2) is 6.96. The van der Waals surface area contributed by atoms with Gasteiger partial charge in [-0.1, -0.05) is 12.1 Å². The van der Waals surface area contributed by atoms with Crippen molar-refractivity contribution in [1.29, 1.82) is 0 Å². The van der Waals surface area contributed by atoms with Crippen LogP contribution in [0.1, 0.15) is 10.4 Å². The number of ether oxygens (including phenoxy) is 2. The van der Waals surface area contributed by atoms with Gasteiger partial charge in [0.05, 0.1) is 29.9 Å². The lowest BCUT2D eigenvalue weighted by Gasteiger charge is -2.09. The molecule has 1 aromatic heterocycles. The highest BCUT2D eigenvalue weighted by molar-refractivity contribution is 5.89. The molecule has 126 valence electrons. The molecule has 0 fully saturated rings. The molecule has 0 saturated heterocycles. The third-order valence-electron chi connectivity index (χ3n) is 3.55. The lowest BCUT2D eigenvalue weighted by atomic mass is 10.2. The molecule has 25 heavy (non-hydrogen) atoms. The third kappa shape index (κ3) is 3.55. The van der Waals surface area contributed by atoms with Gasteiger partial charge in [-0.2, -0.15) is 0 Å². The van der Waals surface area contributed by atoms with E-state index in [9.17, 15) is 14.4 Å². The van der Waals surface area contributed by atoms with Crippen molar-refractivity contribution < 1.29 is 19.1 Å². The van der Waals surface area contributed by atoms with E-state index in [1.54, 1.807) is 24.3 Å². The fraction of sp³-hybridized carbons (Fsp3) is 0.111. The Morgan fingerprint density at radius 3 is 2.52 bits per heavy atom. The zero-order chi connectivity index (χ0) is 17.8. The van der Waals surface area contributed by atoms with E-state index < -0.39 is 17.5 Å². The van der Waals surface area contributed by atoms with Crippen LogP contribution in [-0.4, -0.2) is 28.6 Å². The number of para-hydroxylation sites is 2. The number of hydrogen-bond donors (Lipinski definition) is 0. The van der Waals surface area contributed by atoms with Crippen LogP contribution < -0.4 is 10.3 Å². The van der Waals surface area contributed by atoms with Crippen molar-refractivity contribution in [3.8, 4) is 5.75 Å². The molecule has 3 aromatic rings. The zero-order valence-electron chi connectivity index (χ0n) is 13.3. The fourth-order valence-corrected chi connectivity index (χ4v) is 2.35. The predicted molar refractivity (Wildman–Crippen MR) is 89.4 cm³/mol. The van der Waals surface area contributed by atoms with Crippen LogP contribution in [0, 0.1) is 0 Å². The minimum Gasteiger partial charge on any atom is -0.465 e. The van der Waals surface area contributed by atoms with E-state index in [-0.39, 0.29) is 12.3 Å². The summed E-state index contributed by atoms with van der Waals surface area (Å²) in [5.41, 5.74) is 1.11. The summed E-state index contributed by atoms with van der Waals surface area (Å²) in [5.74, 6) is -0.819. The SMILES string of the molecule is COC(=O)c1ccc(OC(=O)Cn2c(=O)cnc3ccccc32)cc1. The molecule has 0 N–H and O–H groups in total. The van der Waals surface area contributed by atoms with Crippen molar-refractivity contribution in [3.63, 3.8) is 0 Å². The fourth-order valence-electron chi connectivity index (χ4n) is 2.35. The van der Waals surface area contributed by atoms with Gasteiger partial charge in [-0.25, -0.2) is 14.6 Å². The number of carbonyl (C=O) groups is 2. The number of aromatic nitrogens is 2. The summed E-state index contributed by atoms with van der Waals surface area (Å²) in [6.45, 7) is -0.249. The van der Waals surface area contributed by atoms with Gasteiger partial charge in [0.2, 0.25) is 0 Å². The van der Waals surface area contributed by atoms with Crippen LogP contribution in [0.15, 0.2) is 59.5 Å². The number of methoxy groups -OCH3 is 1. The first-order valence-electron chi connectivity index (χ1n) is 7.42. The molecule has 0 unspecified atom stereocenters. The van der Waals surface area contributed by atoms with Crippen molar-refractivity contribution in [3.05, 3.63) is 70.6 Å². The van der Waals surface area contributed by atoms with Crippen molar-refractivity contribution in [2.75, 3.05) is 7.11 Å². The first-order valence-corrected chi connectivity index (χ1v) is 7.42. The maximum atomic E-state index is 12.2. The van der Waals surface area contributed by atoms with Crippen LogP contribution in [0.25, 0.3) is 11.0 Å². The Kier molecular flexibility index (Phi) is 4.56. The number of nitrogens with zero attached hydrogens (tertiary/aromatic N) is 2. The summed E-state index contributed by atoms with van der Waals surface area (Å²) in [4.78, 5) is 39.6. The Labute approximate surface area is 142 Å². The highest BCUT2D eigenvalue weighted by atomic mass is 16.5. The van der Waals surface area contributed by atoms with Crippen LogP contribution in [0.4, 0.5) is 0 Å². The zero-order valence-corrected chi connectivity index (χ0v) is 13.3. The van der Waals surface area contributed by atoms with Gasteiger partial charge in [0.1, 0.15) is 12.3 Å². The molecule has 0 radical (unpaired) electrons. The maximum Gasteiger partial charge on any atom is 0.337 e. The van der Waals surface area contributed by atoms with Crippen LogP contribution in [0.3, 0.4) is 0 Å². The lowest BCUT2D eigenvalue weighted by molar-refractivity contribution is -0.135.